The third-order valence-corrected chi connectivity index (χ3v) is 3.53. The van der Waals surface area contributed by atoms with Crippen LogP contribution < -0.4 is 5.32 Å². The van der Waals surface area contributed by atoms with Crippen molar-refractivity contribution in [1.29, 1.82) is 0 Å². The first kappa shape index (κ1) is 17.7. The number of benzene rings is 1. The molecule has 1 rings (SSSR count). The molecule has 0 radical (unpaired) electrons. The van der Waals surface area contributed by atoms with Gasteiger partial charge in [0.2, 0.25) is 0 Å². The molecule has 0 amide bonds. The Kier molecular flexibility index (Phi) is 9.55. The first-order chi connectivity index (χ1) is 10.3. The molecule has 0 heterocycles. The van der Waals surface area contributed by atoms with E-state index in [0.29, 0.717) is 6.61 Å². The summed E-state index contributed by atoms with van der Waals surface area (Å²) in [6, 6.07) is 9.45. The number of rotatable bonds is 11. The van der Waals surface area contributed by atoms with Crippen molar-refractivity contribution in [3.63, 3.8) is 0 Å². The van der Waals surface area contributed by atoms with Crippen molar-refractivity contribution in [2.75, 3.05) is 13.2 Å². The second-order valence-corrected chi connectivity index (χ2v) is 5.32. The van der Waals surface area contributed by atoms with Gasteiger partial charge in [-0.25, -0.2) is 4.79 Å². The number of unbranched alkanes of at least 4 members (excludes halogenated alkanes) is 5. The van der Waals surface area contributed by atoms with Crippen molar-refractivity contribution in [2.24, 2.45) is 0 Å². The Bertz CT molecular complexity index is 378. The minimum atomic E-state index is -0.346. The molecule has 0 aromatic heterocycles. The maximum absolute atomic E-state index is 12.1. The molecule has 1 atom stereocenters. The van der Waals surface area contributed by atoms with Crippen LogP contribution in [-0.4, -0.2) is 19.1 Å². The zero-order valence-electron chi connectivity index (χ0n) is 13.4. The summed E-state index contributed by atoms with van der Waals surface area (Å²) in [4.78, 5) is 12.1. The van der Waals surface area contributed by atoms with Crippen LogP contribution in [0.1, 0.15) is 64.0 Å². The number of carbonyl (C=O) groups excluding carboxylic acids is 1. The average molecular weight is 291 g/mol. The third kappa shape index (κ3) is 7.28. The van der Waals surface area contributed by atoms with Crippen LogP contribution in [0.15, 0.2) is 30.3 Å². The Labute approximate surface area is 129 Å². The smallest absolute Gasteiger partial charge is 0.327 e. The molecule has 0 bridgehead atoms. The number of nitrogens with one attached hydrogen (secondary N) is 1. The van der Waals surface area contributed by atoms with Gasteiger partial charge in [-0.1, -0.05) is 69.4 Å². The monoisotopic (exact) mass is 291 g/mol. The molecular formula is C18H29NO2. The van der Waals surface area contributed by atoms with Gasteiger partial charge in [0.1, 0.15) is 6.04 Å². The Hall–Kier alpha value is -1.35. The quantitative estimate of drug-likeness (QED) is 0.489. The van der Waals surface area contributed by atoms with E-state index in [0.717, 1.165) is 18.5 Å². The van der Waals surface area contributed by atoms with Crippen molar-refractivity contribution in [3.05, 3.63) is 35.9 Å². The highest BCUT2D eigenvalue weighted by molar-refractivity contribution is 5.77. The van der Waals surface area contributed by atoms with Crippen LogP contribution in [0.2, 0.25) is 0 Å². The summed E-state index contributed by atoms with van der Waals surface area (Å²) < 4.78 is 5.17. The molecule has 0 fully saturated rings. The van der Waals surface area contributed by atoms with Gasteiger partial charge in [0.15, 0.2) is 0 Å². The predicted octanol–water partition coefficient (Wildman–Crippen LogP) is 4.24. The van der Waals surface area contributed by atoms with E-state index in [9.17, 15) is 4.79 Å². The van der Waals surface area contributed by atoms with E-state index in [1.165, 1.54) is 32.1 Å². The fraction of sp³-hybridized carbons (Fsp3) is 0.611. The molecule has 1 unspecified atom stereocenters. The molecule has 1 aromatic carbocycles. The van der Waals surface area contributed by atoms with E-state index in [1.807, 2.05) is 37.3 Å². The van der Waals surface area contributed by atoms with Gasteiger partial charge in [-0.15, -0.1) is 0 Å². The fourth-order valence-corrected chi connectivity index (χ4v) is 2.36. The van der Waals surface area contributed by atoms with Crippen LogP contribution >= 0.6 is 0 Å². The number of ether oxygens (including phenoxy) is 1. The first-order valence-electron chi connectivity index (χ1n) is 8.24. The summed E-state index contributed by atoms with van der Waals surface area (Å²) in [6.45, 7) is 5.34. The minimum Gasteiger partial charge on any atom is -0.465 e. The van der Waals surface area contributed by atoms with Crippen LogP contribution in [-0.2, 0) is 9.53 Å². The normalized spacial score (nSPS) is 12.1. The zero-order chi connectivity index (χ0) is 15.3. The maximum atomic E-state index is 12.1. The van der Waals surface area contributed by atoms with Crippen LogP contribution in [0, 0.1) is 0 Å². The topological polar surface area (TPSA) is 38.3 Å². The van der Waals surface area contributed by atoms with E-state index in [1.54, 1.807) is 0 Å². The minimum absolute atomic E-state index is 0.185. The second-order valence-electron chi connectivity index (χ2n) is 5.32. The van der Waals surface area contributed by atoms with Crippen molar-refractivity contribution < 1.29 is 9.53 Å². The molecule has 118 valence electrons. The average Bonchev–Trinajstić information content (AvgIpc) is 2.51. The van der Waals surface area contributed by atoms with Crippen molar-refractivity contribution in [1.82, 2.24) is 5.32 Å². The van der Waals surface area contributed by atoms with Gasteiger partial charge in [-0.3, -0.25) is 0 Å². The lowest BCUT2D eigenvalue weighted by atomic mass is 10.1. The highest BCUT2D eigenvalue weighted by Gasteiger charge is 2.20. The molecule has 21 heavy (non-hydrogen) atoms. The lowest BCUT2D eigenvalue weighted by Crippen LogP contribution is -2.31. The van der Waals surface area contributed by atoms with E-state index < -0.39 is 0 Å². The fourth-order valence-electron chi connectivity index (χ4n) is 2.36. The Morgan fingerprint density at radius 2 is 1.71 bits per heavy atom. The molecule has 1 N–H and O–H groups in total. The molecule has 1 aromatic rings. The molecule has 3 heteroatoms. The molecule has 0 aliphatic rings. The maximum Gasteiger partial charge on any atom is 0.327 e. The Morgan fingerprint density at radius 1 is 1.05 bits per heavy atom. The van der Waals surface area contributed by atoms with Crippen LogP contribution in [0.25, 0.3) is 0 Å². The zero-order valence-corrected chi connectivity index (χ0v) is 13.4. The van der Waals surface area contributed by atoms with Gasteiger partial charge >= 0.3 is 5.97 Å². The largest absolute Gasteiger partial charge is 0.465 e. The summed E-state index contributed by atoms with van der Waals surface area (Å²) in [7, 11) is 0. The molecule has 0 aliphatic heterocycles. The van der Waals surface area contributed by atoms with E-state index in [4.69, 9.17) is 4.74 Å². The number of carbonyl (C=O) groups is 1. The predicted molar refractivity (Wildman–Crippen MR) is 87.2 cm³/mol. The van der Waals surface area contributed by atoms with Gasteiger partial charge in [0.05, 0.1) is 6.61 Å². The van der Waals surface area contributed by atoms with E-state index in [2.05, 4.69) is 12.2 Å². The van der Waals surface area contributed by atoms with Crippen LogP contribution in [0.4, 0.5) is 0 Å². The SMILES string of the molecule is CCCCCCCCNC(C(=O)OCC)c1ccccc1. The molecule has 0 saturated carbocycles. The van der Waals surface area contributed by atoms with Gasteiger partial charge in [0.25, 0.3) is 0 Å². The van der Waals surface area contributed by atoms with Gasteiger partial charge in [0, 0.05) is 0 Å². The number of hydrogen-bond acceptors (Lipinski definition) is 3. The lowest BCUT2D eigenvalue weighted by molar-refractivity contribution is -0.145. The summed E-state index contributed by atoms with van der Waals surface area (Å²) in [5.74, 6) is -0.185. The molecule has 0 spiro atoms. The van der Waals surface area contributed by atoms with Gasteiger partial charge in [-0.05, 0) is 25.5 Å². The first-order valence-corrected chi connectivity index (χ1v) is 8.24. The number of hydrogen-bond donors (Lipinski definition) is 1. The molecule has 3 nitrogen and oxygen atoms in total. The lowest BCUT2D eigenvalue weighted by Gasteiger charge is -2.17. The summed E-state index contributed by atoms with van der Waals surface area (Å²) in [5.41, 5.74) is 0.974. The molecule has 0 aliphatic carbocycles. The summed E-state index contributed by atoms with van der Waals surface area (Å²) >= 11 is 0. The number of esters is 1. The van der Waals surface area contributed by atoms with Crippen molar-refractivity contribution >= 4 is 5.97 Å². The van der Waals surface area contributed by atoms with E-state index in [-0.39, 0.29) is 12.0 Å². The summed E-state index contributed by atoms with van der Waals surface area (Å²) in [6.07, 6.45) is 7.52. The van der Waals surface area contributed by atoms with Crippen LogP contribution in [0.3, 0.4) is 0 Å². The highest BCUT2D eigenvalue weighted by atomic mass is 16.5. The highest BCUT2D eigenvalue weighted by Crippen LogP contribution is 2.15. The van der Waals surface area contributed by atoms with E-state index >= 15 is 0 Å². The Balaban J connectivity index is 2.38. The standard InChI is InChI=1S/C18H29NO2/c1-3-5-6-7-8-12-15-19-17(18(20)21-4-2)16-13-10-9-11-14-16/h9-11,13-14,17,19H,3-8,12,15H2,1-2H3. The third-order valence-electron chi connectivity index (χ3n) is 3.53. The summed E-state index contributed by atoms with van der Waals surface area (Å²) in [5, 5.41) is 3.34. The van der Waals surface area contributed by atoms with Crippen LogP contribution in [0.5, 0.6) is 0 Å². The van der Waals surface area contributed by atoms with Crippen molar-refractivity contribution in [3.8, 4) is 0 Å². The van der Waals surface area contributed by atoms with Gasteiger partial charge < -0.3 is 10.1 Å². The second kappa shape index (κ2) is 11.3. The molecular weight excluding hydrogens is 262 g/mol. The Morgan fingerprint density at radius 3 is 2.38 bits per heavy atom. The molecule has 0 saturated heterocycles. The van der Waals surface area contributed by atoms with Crippen molar-refractivity contribution in [2.45, 2.75) is 58.4 Å². The van der Waals surface area contributed by atoms with Gasteiger partial charge in [-0.2, -0.15) is 0 Å².